The molecule has 0 aliphatic rings. The molecule has 0 radical (unpaired) electrons. The summed E-state index contributed by atoms with van der Waals surface area (Å²) in [5, 5.41) is 10.0. The molecule has 2 rings (SSSR count). The third kappa shape index (κ3) is 8.13. The van der Waals surface area contributed by atoms with Crippen LogP contribution in [0.15, 0.2) is 36.7 Å². The van der Waals surface area contributed by atoms with E-state index >= 15 is 0 Å². The third-order valence-corrected chi connectivity index (χ3v) is 2.42. The number of pyridine rings is 2. The Kier molecular flexibility index (Phi) is 11.1. The Morgan fingerprint density at radius 3 is 2.00 bits per heavy atom. The summed E-state index contributed by atoms with van der Waals surface area (Å²) >= 11 is 0. The van der Waals surface area contributed by atoms with Crippen molar-refractivity contribution in [2.24, 2.45) is 0 Å². The number of terminal acetylenes is 2. The molecule has 0 aliphatic heterocycles. The summed E-state index contributed by atoms with van der Waals surface area (Å²) in [4.78, 5) is 18.0. The molecule has 0 aromatic carbocycles. The summed E-state index contributed by atoms with van der Waals surface area (Å²) in [5.41, 5.74) is 2.92. The van der Waals surface area contributed by atoms with Crippen LogP contribution in [0, 0.1) is 24.7 Å². The van der Waals surface area contributed by atoms with Crippen molar-refractivity contribution in [2.45, 2.75) is 6.54 Å². The van der Waals surface area contributed by atoms with Gasteiger partial charge in [-0.3, -0.25) is 4.79 Å². The molecule has 23 heavy (non-hydrogen) atoms. The van der Waals surface area contributed by atoms with Crippen molar-refractivity contribution in [3.63, 3.8) is 0 Å². The molecule has 2 aromatic heterocycles. The molecular formula is C18H19N3O2. The van der Waals surface area contributed by atoms with Crippen LogP contribution in [-0.4, -0.2) is 35.5 Å². The van der Waals surface area contributed by atoms with Crippen LogP contribution in [0.5, 0.6) is 0 Å². The van der Waals surface area contributed by atoms with Crippen molar-refractivity contribution >= 4 is 6.29 Å². The highest BCUT2D eigenvalue weighted by molar-refractivity contribution is 5.74. The summed E-state index contributed by atoms with van der Waals surface area (Å²) in [7, 11) is 2.90. The van der Waals surface area contributed by atoms with Crippen LogP contribution >= 0.6 is 0 Å². The van der Waals surface area contributed by atoms with E-state index in [1.807, 2.05) is 19.2 Å². The summed E-state index contributed by atoms with van der Waals surface area (Å²) < 4.78 is 0. The smallest absolute Gasteiger partial charge is 0.151 e. The minimum absolute atomic E-state index is 0.541. The molecule has 2 N–H and O–H groups in total. The highest BCUT2D eigenvalue weighted by Gasteiger charge is 1.90. The standard InChI is InChI=1S/C9H10N2.C8H5NO.CH4O/c1-3-9-5-4-8(6-10-2)7-11-9;1-2-8-4-3-7(6-10)5-9-8;1-2/h1,4-5,7,10H,6H2,2H3;1,3-6H;2H,1H3. The molecule has 0 atom stereocenters. The average molecular weight is 309 g/mol. The van der Waals surface area contributed by atoms with Crippen molar-refractivity contribution in [1.82, 2.24) is 15.3 Å². The Hall–Kier alpha value is -2.99. The van der Waals surface area contributed by atoms with Crippen molar-refractivity contribution < 1.29 is 9.90 Å². The van der Waals surface area contributed by atoms with Crippen LogP contribution in [0.25, 0.3) is 0 Å². The molecule has 118 valence electrons. The number of aliphatic hydroxyl groups excluding tert-OH is 1. The fourth-order valence-corrected chi connectivity index (χ4v) is 1.38. The lowest BCUT2D eigenvalue weighted by atomic mass is 10.2. The Labute approximate surface area is 136 Å². The van der Waals surface area contributed by atoms with E-state index < -0.39 is 0 Å². The molecule has 0 amide bonds. The zero-order chi connectivity index (χ0) is 17.5. The first-order valence-corrected chi connectivity index (χ1v) is 6.62. The van der Waals surface area contributed by atoms with Crippen molar-refractivity contribution in [2.75, 3.05) is 14.2 Å². The molecule has 0 saturated carbocycles. The van der Waals surface area contributed by atoms with Gasteiger partial charge < -0.3 is 10.4 Å². The summed E-state index contributed by atoms with van der Waals surface area (Å²) in [5.74, 6) is 4.82. The highest BCUT2D eigenvalue weighted by Crippen LogP contribution is 1.97. The Bertz CT molecular complexity index is 651. The number of carbonyl (C=O) groups is 1. The normalized spacial score (nSPS) is 8.22. The van der Waals surface area contributed by atoms with Gasteiger partial charge in [-0.25, -0.2) is 9.97 Å². The largest absolute Gasteiger partial charge is 0.400 e. The molecule has 2 aromatic rings. The van der Waals surface area contributed by atoms with Gasteiger partial charge in [0.15, 0.2) is 6.29 Å². The number of rotatable bonds is 3. The van der Waals surface area contributed by atoms with Gasteiger partial charge in [0.25, 0.3) is 0 Å². The summed E-state index contributed by atoms with van der Waals surface area (Å²) in [6.45, 7) is 0.831. The lowest BCUT2D eigenvalue weighted by Crippen LogP contribution is -2.05. The molecule has 0 aliphatic carbocycles. The Morgan fingerprint density at radius 2 is 1.65 bits per heavy atom. The SMILES string of the molecule is C#Cc1ccc(C=O)cn1.C#Cc1ccc(CNC)cn1.CO. The van der Waals surface area contributed by atoms with Crippen LogP contribution in [0.3, 0.4) is 0 Å². The topological polar surface area (TPSA) is 75.1 Å². The predicted molar refractivity (Wildman–Crippen MR) is 90.6 cm³/mol. The monoisotopic (exact) mass is 309 g/mol. The molecule has 2 heterocycles. The van der Waals surface area contributed by atoms with Crippen LogP contribution in [0.2, 0.25) is 0 Å². The van der Waals surface area contributed by atoms with Gasteiger partial charge in [0.2, 0.25) is 0 Å². The maximum absolute atomic E-state index is 10.1. The molecule has 0 fully saturated rings. The van der Waals surface area contributed by atoms with Crippen molar-refractivity contribution in [3.05, 3.63) is 59.2 Å². The van der Waals surface area contributed by atoms with Gasteiger partial charge in [-0.15, -0.1) is 12.8 Å². The number of hydrogen-bond donors (Lipinski definition) is 2. The molecular weight excluding hydrogens is 290 g/mol. The number of aldehydes is 1. The van der Waals surface area contributed by atoms with Gasteiger partial charge >= 0.3 is 0 Å². The molecule has 0 saturated heterocycles. The summed E-state index contributed by atoms with van der Waals surface area (Å²) in [6, 6.07) is 7.07. The van der Waals surface area contributed by atoms with E-state index in [1.165, 1.54) is 6.20 Å². The first-order chi connectivity index (χ1) is 11.2. The highest BCUT2D eigenvalue weighted by atomic mass is 16.2. The van der Waals surface area contributed by atoms with Gasteiger partial charge in [0.05, 0.1) is 0 Å². The average Bonchev–Trinajstić information content (AvgIpc) is 2.65. The van der Waals surface area contributed by atoms with E-state index in [0.717, 1.165) is 25.5 Å². The minimum Gasteiger partial charge on any atom is -0.400 e. The maximum Gasteiger partial charge on any atom is 0.151 e. The van der Waals surface area contributed by atoms with Crippen LogP contribution in [0.4, 0.5) is 0 Å². The second-order valence-corrected chi connectivity index (χ2v) is 3.97. The number of carbonyl (C=O) groups excluding carboxylic acids is 1. The number of nitrogens with one attached hydrogen (secondary N) is 1. The summed E-state index contributed by atoms with van der Waals surface area (Å²) in [6.07, 6.45) is 14.1. The van der Waals surface area contributed by atoms with Gasteiger partial charge in [-0.05, 0) is 30.8 Å². The number of aromatic nitrogens is 2. The van der Waals surface area contributed by atoms with Crippen LogP contribution < -0.4 is 5.32 Å². The van der Waals surface area contributed by atoms with E-state index in [2.05, 4.69) is 27.1 Å². The van der Waals surface area contributed by atoms with Crippen molar-refractivity contribution in [3.8, 4) is 24.7 Å². The van der Waals surface area contributed by atoms with Gasteiger partial charge in [0, 0.05) is 31.6 Å². The first-order valence-electron chi connectivity index (χ1n) is 6.62. The van der Waals surface area contributed by atoms with E-state index in [-0.39, 0.29) is 0 Å². The molecule has 0 unspecified atom stereocenters. The molecule has 5 nitrogen and oxygen atoms in total. The lowest BCUT2D eigenvalue weighted by Gasteiger charge is -1.97. The van der Waals surface area contributed by atoms with Crippen LogP contribution in [-0.2, 0) is 6.54 Å². The van der Waals surface area contributed by atoms with Gasteiger partial charge in [-0.2, -0.15) is 0 Å². The minimum atomic E-state index is 0.541. The van der Waals surface area contributed by atoms with Crippen LogP contribution in [0.1, 0.15) is 27.3 Å². The van der Waals surface area contributed by atoms with E-state index in [1.54, 1.807) is 18.3 Å². The third-order valence-electron chi connectivity index (χ3n) is 2.42. The number of hydrogen-bond acceptors (Lipinski definition) is 5. The second kappa shape index (κ2) is 12.7. The molecule has 0 spiro atoms. The Morgan fingerprint density at radius 1 is 1.09 bits per heavy atom. The molecule has 5 heteroatoms. The number of nitrogens with zero attached hydrogens (tertiary/aromatic N) is 2. The fraction of sp³-hybridized carbons (Fsp3) is 0.167. The second-order valence-electron chi connectivity index (χ2n) is 3.97. The predicted octanol–water partition coefficient (Wildman–Crippen LogP) is 1.27. The van der Waals surface area contributed by atoms with E-state index in [9.17, 15) is 4.79 Å². The zero-order valence-electron chi connectivity index (χ0n) is 13.2. The fourth-order valence-electron chi connectivity index (χ4n) is 1.38. The van der Waals surface area contributed by atoms with E-state index in [0.29, 0.717) is 17.0 Å². The molecule has 0 bridgehead atoms. The zero-order valence-corrected chi connectivity index (χ0v) is 13.2. The number of aliphatic hydroxyl groups is 1. The lowest BCUT2D eigenvalue weighted by molar-refractivity contribution is 0.112. The first kappa shape index (κ1) is 20.0. The van der Waals surface area contributed by atoms with Crippen molar-refractivity contribution in [1.29, 1.82) is 0 Å². The van der Waals surface area contributed by atoms with Gasteiger partial charge in [0.1, 0.15) is 11.4 Å². The van der Waals surface area contributed by atoms with E-state index in [4.69, 9.17) is 18.0 Å². The maximum atomic E-state index is 10.1. The quantitative estimate of drug-likeness (QED) is 0.659. The Balaban J connectivity index is 0.000000381. The van der Waals surface area contributed by atoms with Gasteiger partial charge in [-0.1, -0.05) is 17.9 Å².